The molecule has 0 aliphatic heterocycles. The summed E-state index contributed by atoms with van der Waals surface area (Å²) in [6.45, 7) is 11.9. The second-order valence-electron chi connectivity index (χ2n) is 6.07. The summed E-state index contributed by atoms with van der Waals surface area (Å²) in [6, 6.07) is 3.97. The Labute approximate surface area is 141 Å². The van der Waals surface area contributed by atoms with Crippen LogP contribution >= 0.6 is 9.12 Å². The van der Waals surface area contributed by atoms with Crippen LogP contribution in [0.3, 0.4) is 0 Å². The average molecular weight is 340 g/mol. The Morgan fingerprint density at radius 3 is 1.96 bits per heavy atom. The van der Waals surface area contributed by atoms with Gasteiger partial charge in [-0.25, -0.2) is 0 Å². The van der Waals surface area contributed by atoms with E-state index in [0.29, 0.717) is 27.7 Å². The van der Waals surface area contributed by atoms with Crippen LogP contribution in [0, 0.1) is 32.6 Å². The van der Waals surface area contributed by atoms with Gasteiger partial charge in [-0.05, 0) is 51.2 Å². The molecule has 0 bridgehead atoms. The first kappa shape index (κ1) is 21.6. The van der Waals surface area contributed by atoms with Crippen molar-refractivity contribution in [3.63, 3.8) is 0 Å². The summed E-state index contributed by atoms with van der Waals surface area (Å²) in [6.07, 6.45) is 0.518. The molecule has 0 fully saturated rings. The summed E-state index contributed by atoms with van der Waals surface area (Å²) in [4.78, 5) is 25.0. The van der Waals surface area contributed by atoms with Crippen LogP contribution in [0.1, 0.15) is 54.2 Å². The van der Waals surface area contributed by atoms with Gasteiger partial charge in [0.05, 0.1) is 15.7 Å². The van der Waals surface area contributed by atoms with Gasteiger partial charge in [0.15, 0.2) is 5.78 Å². The van der Waals surface area contributed by atoms with Crippen molar-refractivity contribution < 1.29 is 18.9 Å². The molecule has 4 nitrogen and oxygen atoms in total. The number of ether oxygens (including phenoxy) is 1. The maximum absolute atomic E-state index is 12.8. The molecule has 0 heterocycles. The maximum Gasteiger partial charge on any atom is 0.316 e. The van der Waals surface area contributed by atoms with Crippen molar-refractivity contribution in [2.75, 3.05) is 6.61 Å². The molecule has 0 aliphatic carbocycles. The van der Waals surface area contributed by atoms with Crippen molar-refractivity contribution in [3.8, 4) is 0 Å². The summed E-state index contributed by atoms with van der Waals surface area (Å²) in [5, 5.41) is 0. The van der Waals surface area contributed by atoms with Crippen molar-refractivity contribution in [2.24, 2.45) is 11.8 Å². The van der Waals surface area contributed by atoms with Gasteiger partial charge in [-0.1, -0.05) is 31.5 Å². The van der Waals surface area contributed by atoms with Gasteiger partial charge in [0.1, 0.15) is 5.92 Å². The van der Waals surface area contributed by atoms with Crippen LogP contribution in [-0.4, -0.2) is 18.4 Å². The number of Topliss-reactive ketones (excluding diaryl/α,β-unsaturated/α-hetero) is 1. The van der Waals surface area contributed by atoms with Crippen molar-refractivity contribution in [2.45, 2.75) is 48.0 Å². The molecule has 0 radical (unpaired) electrons. The summed E-state index contributed by atoms with van der Waals surface area (Å²) in [5.41, 5.74) is 3.64. The molecule has 23 heavy (non-hydrogen) atoms. The van der Waals surface area contributed by atoms with E-state index in [2.05, 4.69) is 0 Å². The lowest BCUT2D eigenvalue weighted by Crippen LogP contribution is -2.29. The number of carbonyl (C=O) groups is 2. The number of aryl methyl sites for hydroxylation is 3. The minimum atomic E-state index is -0.704. The first-order valence-electron chi connectivity index (χ1n) is 7.85. The summed E-state index contributed by atoms with van der Waals surface area (Å²) in [5.74, 6) is -0.966. The van der Waals surface area contributed by atoms with E-state index < -0.39 is 11.9 Å². The number of carbonyl (C=O) groups excluding carboxylic acids is 2. The molecule has 2 unspecified atom stereocenters. The van der Waals surface area contributed by atoms with E-state index >= 15 is 0 Å². The smallest absolute Gasteiger partial charge is 0.316 e. The largest absolute Gasteiger partial charge is 0.465 e. The molecule has 0 saturated heterocycles. The van der Waals surface area contributed by atoms with Gasteiger partial charge in [-0.15, -0.1) is 0 Å². The van der Waals surface area contributed by atoms with Crippen molar-refractivity contribution in [3.05, 3.63) is 34.4 Å². The second kappa shape index (κ2) is 10.4. The zero-order valence-corrected chi connectivity index (χ0v) is 16.5. The molecule has 2 atom stereocenters. The van der Waals surface area contributed by atoms with E-state index in [9.17, 15) is 9.59 Å². The fourth-order valence-electron chi connectivity index (χ4n) is 2.77. The summed E-state index contributed by atoms with van der Waals surface area (Å²) in [7, 11) is 0.611. The number of hydrogen-bond donors (Lipinski definition) is 0. The molecule has 130 valence electrons. The fourth-order valence-corrected chi connectivity index (χ4v) is 2.77. The van der Waals surface area contributed by atoms with Crippen LogP contribution in [0.15, 0.2) is 12.1 Å². The Morgan fingerprint density at radius 1 is 1.09 bits per heavy atom. The van der Waals surface area contributed by atoms with Crippen molar-refractivity contribution in [1.82, 2.24) is 0 Å². The number of rotatable bonds is 6. The first-order valence-corrected chi connectivity index (χ1v) is 8.43. The third kappa shape index (κ3) is 6.31. The Morgan fingerprint density at radius 2 is 1.57 bits per heavy atom. The molecule has 0 aliphatic rings. The highest BCUT2D eigenvalue weighted by Crippen LogP contribution is 2.24. The van der Waals surface area contributed by atoms with E-state index in [1.165, 1.54) is 0 Å². The molecule has 0 amide bonds. The van der Waals surface area contributed by atoms with E-state index in [-0.39, 0.29) is 11.7 Å². The van der Waals surface area contributed by atoms with Gasteiger partial charge in [0.25, 0.3) is 0 Å². The van der Waals surface area contributed by atoms with E-state index in [4.69, 9.17) is 9.30 Å². The summed E-state index contributed by atoms with van der Waals surface area (Å²) >= 11 is 0. The molecule has 5 heteroatoms. The van der Waals surface area contributed by atoms with Crippen LogP contribution in [0.25, 0.3) is 0 Å². The standard InChI is InChI=1S/C18H26O3.H3OP/c1-7-21-18(20)15(8-11(2)3)17(19)16-13(5)9-12(4)10-14(16)6;1-2/h9-11,15H,7-8H2,1-6H3;2H3. The van der Waals surface area contributed by atoms with Gasteiger partial charge in [-0.3, -0.25) is 9.59 Å². The Bertz CT molecular complexity index is 529. The van der Waals surface area contributed by atoms with Gasteiger partial charge >= 0.3 is 5.97 Å². The molecule has 1 aromatic carbocycles. The highest BCUT2D eigenvalue weighted by atomic mass is 31.0. The van der Waals surface area contributed by atoms with Crippen LogP contribution in [0.5, 0.6) is 0 Å². The Balaban J connectivity index is 0.00000232. The molecule has 0 aromatic heterocycles. The van der Waals surface area contributed by atoms with Gasteiger partial charge in [-0.2, -0.15) is 0 Å². The van der Waals surface area contributed by atoms with Crippen molar-refractivity contribution in [1.29, 1.82) is 0 Å². The van der Waals surface area contributed by atoms with Gasteiger partial charge in [0.2, 0.25) is 0 Å². The SMILES string of the molecule is CCOC(=O)C(CC(C)C)C(=O)c1c(C)cc(C)cc1C.O=[PH3]. The summed E-state index contributed by atoms with van der Waals surface area (Å²) < 4.78 is 13.4. The molecule has 1 rings (SSSR count). The topological polar surface area (TPSA) is 60.4 Å². The Kier molecular flexibility index (Phi) is 9.74. The number of benzene rings is 1. The molecule has 0 N–H and O–H groups in total. The third-order valence-electron chi connectivity index (χ3n) is 3.52. The fraction of sp³-hybridized carbons (Fsp3) is 0.556. The molecule has 1 aromatic rings. The zero-order valence-electron chi connectivity index (χ0n) is 15.1. The van der Waals surface area contributed by atoms with Crippen LogP contribution < -0.4 is 0 Å². The highest BCUT2D eigenvalue weighted by Gasteiger charge is 2.31. The zero-order chi connectivity index (χ0) is 18.2. The predicted octanol–water partition coefficient (Wildman–Crippen LogP) is 3.96. The number of esters is 1. The van der Waals surface area contributed by atoms with Gasteiger partial charge < -0.3 is 9.30 Å². The van der Waals surface area contributed by atoms with E-state index in [0.717, 1.165) is 16.7 Å². The monoisotopic (exact) mass is 340 g/mol. The predicted molar refractivity (Wildman–Crippen MR) is 96.4 cm³/mol. The quantitative estimate of drug-likeness (QED) is 0.340. The number of ketones is 1. The normalized spacial score (nSPS) is 11.6. The first-order chi connectivity index (χ1) is 10.8. The lowest BCUT2D eigenvalue weighted by molar-refractivity contribution is -0.146. The third-order valence-corrected chi connectivity index (χ3v) is 3.52. The lowest BCUT2D eigenvalue weighted by atomic mass is 9.85. The average Bonchev–Trinajstić information content (AvgIpc) is 2.45. The molecule has 0 spiro atoms. The molecular formula is C18H29O4P. The minimum absolute atomic E-state index is 0.114. The van der Waals surface area contributed by atoms with Crippen LogP contribution in [-0.2, 0) is 14.1 Å². The van der Waals surface area contributed by atoms with Gasteiger partial charge in [0, 0.05) is 5.56 Å². The highest BCUT2D eigenvalue weighted by molar-refractivity contribution is 7.00. The Hall–Kier alpha value is -1.41. The maximum atomic E-state index is 12.8. The molecule has 0 saturated carbocycles. The number of hydrogen-bond acceptors (Lipinski definition) is 4. The minimum Gasteiger partial charge on any atom is -0.465 e. The lowest BCUT2D eigenvalue weighted by Gasteiger charge is -2.19. The van der Waals surface area contributed by atoms with E-state index in [1.54, 1.807) is 6.92 Å². The molecular weight excluding hydrogens is 311 g/mol. The van der Waals surface area contributed by atoms with Crippen LogP contribution in [0.2, 0.25) is 0 Å². The van der Waals surface area contributed by atoms with Crippen LogP contribution in [0.4, 0.5) is 0 Å². The second-order valence-corrected chi connectivity index (χ2v) is 6.07. The van der Waals surface area contributed by atoms with Crippen molar-refractivity contribution >= 4 is 20.9 Å². The van der Waals surface area contributed by atoms with E-state index in [1.807, 2.05) is 46.8 Å².